The first-order valence-corrected chi connectivity index (χ1v) is 21.4. The van der Waals surface area contributed by atoms with E-state index in [1.807, 2.05) is 60.7 Å². The average Bonchev–Trinajstić information content (AvgIpc) is 3.93. The van der Waals surface area contributed by atoms with Gasteiger partial charge in [0.1, 0.15) is 22.3 Å². The molecule has 0 atom stereocenters. The molecular formula is C57H37N3O2. The van der Waals surface area contributed by atoms with Crippen LogP contribution in [0.25, 0.3) is 123 Å². The fourth-order valence-electron chi connectivity index (χ4n) is 9.99. The molecule has 292 valence electrons. The summed E-state index contributed by atoms with van der Waals surface area (Å²) in [5.41, 5.74) is 16.6. The van der Waals surface area contributed by atoms with E-state index in [2.05, 4.69) is 115 Å². The highest BCUT2D eigenvalue weighted by molar-refractivity contribution is 6.14. The highest BCUT2D eigenvalue weighted by Crippen LogP contribution is 2.43. The lowest BCUT2D eigenvalue weighted by Crippen LogP contribution is -2.07. The second kappa shape index (κ2) is 13.8. The van der Waals surface area contributed by atoms with Gasteiger partial charge in [-0.2, -0.15) is 0 Å². The zero-order valence-electron chi connectivity index (χ0n) is 33.7. The molecule has 0 aliphatic heterocycles. The van der Waals surface area contributed by atoms with Gasteiger partial charge in [0.15, 0.2) is 17.5 Å². The third kappa shape index (κ3) is 5.51. The van der Waals surface area contributed by atoms with E-state index < -0.39 is 0 Å². The van der Waals surface area contributed by atoms with Gasteiger partial charge in [0.2, 0.25) is 0 Å². The van der Waals surface area contributed by atoms with Crippen LogP contribution in [0.5, 0.6) is 0 Å². The van der Waals surface area contributed by atoms with Crippen LogP contribution in [0.1, 0.15) is 35.1 Å². The minimum absolute atomic E-state index is 0.597. The summed E-state index contributed by atoms with van der Waals surface area (Å²) in [6, 6.07) is 52.8. The fourth-order valence-corrected chi connectivity index (χ4v) is 9.99. The molecule has 2 aliphatic rings. The minimum atomic E-state index is 0.597. The van der Waals surface area contributed by atoms with Crippen molar-refractivity contribution in [1.82, 2.24) is 15.0 Å². The second-order valence-corrected chi connectivity index (χ2v) is 16.4. The van der Waals surface area contributed by atoms with E-state index >= 15 is 0 Å². The van der Waals surface area contributed by atoms with Crippen molar-refractivity contribution >= 4 is 66.8 Å². The minimum Gasteiger partial charge on any atom is -0.456 e. The molecule has 11 aromatic rings. The molecule has 3 heterocycles. The maximum absolute atomic E-state index is 6.52. The first-order chi connectivity index (χ1) is 30.7. The Balaban J connectivity index is 0.915. The van der Waals surface area contributed by atoms with Crippen molar-refractivity contribution in [3.63, 3.8) is 0 Å². The zero-order valence-corrected chi connectivity index (χ0v) is 33.7. The van der Waals surface area contributed by atoms with Crippen LogP contribution in [0.3, 0.4) is 0 Å². The Bertz CT molecular complexity index is 3680. The molecule has 0 radical (unpaired) electrons. The van der Waals surface area contributed by atoms with Crippen molar-refractivity contribution in [2.24, 2.45) is 0 Å². The number of furan rings is 2. The van der Waals surface area contributed by atoms with Gasteiger partial charge in [-0.25, -0.2) is 15.0 Å². The largest absolute Gasteiger partial charge is 0.456 e. The molecule has 0 spiro atoms. The molecule has 0 saturated heterocycles. The predicted molar refractivity (Wildman–Crippen MR) is 254 cm³/mol. The maximum atomic E-state index is 6.52. The molecule has 2 aliphatic carbocycles. The normalized spacial score (nSPS) is 13.4. The molecule has 5 nitrogen and oxygen atoms in total. The van der Waals surface area contributed by atoms with Gasteiger partial charge in [-0.1, -0.05) is 140 Å². The van der Waals surface area contributed by atoms with Crippen molar-refractivity contribution in [3.8, 4) is 56.4 Å². The SMILES string of the molecule is C1=Cc2c(c3c(c4cc(-c5ccc6oc7cccc(-c8ccc(-c9nc(-c%10ccccc%10)nc(-c%10cccc%11oc%12ccccc%12c%10%11)n9)cc8)c7c6c5)ccc24)C=CCC3)CC1. The Morgan fingerprint density at radius 1 is 0.355 bits per heavy atom. The molecule has 13 rings (SSSR count). The van der Waals surface area contributed by atoms with E-state index in [4.69, 9.17) is 23.8 Å². The molecule has 62 heavy (non-hydrogen) atoms. The summed E-state index contributed by atoms with van der Waals surface area (Å²) in [6.07, 6.45) is 13.9. The number of nitrogens with zero attached hydrogens (tertiary/aromatic N) is 3. The summed E-state index contributed by atoms with van der Waals surface area (Å²) in [7, 11) is 0. The van der Waals surface area contributed by atoms with Gasteiger partial charge in [0, 0.05) is 38.2 Å². The number of benzene rings is 8. The summed E-state index contributed by atoms with van der Waals surface area (Å²) in [4.78, 5) is 15.2. The third-order valence-corrected chi connectivity index (χ3v) is 12.9. The molecule has 0 fully saturated rings. The molecule has 0 N–H and O–H groups in total. The van der Waals surface area contributed by atoms with E-state index in [0.717, 1.165) is 97.4 Å². The summed E-state index contributed by atoms with van der Waals surface area (Å²) in [5, 5.41) is 6.91. The van der Waals surface area contributed by atoms with Crippen LogP contribution in [-0.4, -0.2) is 15.0 Å². The smallest absolute Gasteiger partial charge is 0.164 e. The quantitative estimate of drug-likeness (QED) is 0.174. The Hall–Kier alpha value is -7.89. The maximum Gasteiger partial charge on any atom is 0.164 e. The molecule has 0 amide bonds. The lowest BCUT2D eigenvalue weighted by molar-refractivity contribution is 0.668. The number of aromatic nitrogens is 3. The highest BCUT2D eigenvalue weighted by Gasteiger charge is 2.22. The van der Waals surface area contributed by atoms with Gasteiger partial charge in [0.05, 0.1) is 0 Å². The van der Waals surface area contributed by atoms with Crippen molar-refractivity contribution in [3.05, 3.63) is 186 Å². The topological polar surface area (TPSA) is 65.0 Å². The Morgan fingerprint density at radius 3 is 1.63 bits per heavy atom. The molecule has 8 aromatic carbocycles. The lowest BCUT2D eigenvalue weighted by Gasteiger charge is -2.24. The number of hydrogen-bond donors (Lipinski definition) is 0. The van der Waals surface area contributed by atoms with Gasteiger partial charge in [0.25, 0.3) is 0 Å². The number of hydrogen-bond acceptors (Lipinski definition) is 5. The summed E-state index contributed by atoms with van der Waals surface area (Å²) in [6.45, 7) is 0. The molecular weight excluding hydrogens is 759 g/mol. The van der Waals surface area contributed by atoms with Crippen LogP contribution in [0, 0.1) is 0 Å². The molecule has 0 unspecified atom stereocenters. The Kier molecular flexibility index (Phi) is 7.79. The van der Waals surface area contributed by atoms with E-state index in [1.165, 1.54) is 38.6 Å². The summed E-state index contributed by atoms with van der Waals surface area (Å²) >= 11 is 0. The number of allylic oxidation sites excluding steroid dienone is 2. The average molecular weight is 796 g/mol. The molecule has 3 aromatic heterocycles. The van der Waals surface area contributed by atoms with E-state index in [1.54, 1.807) is 5.56 Å². The number of rotatable bonds is 5. The molecule has 0 bridgehead atoms. The first-order valence-electron chi connectivity index (χ1n) is 21.4. The Labute approximate surface area is 357 Å². The Morgan fingerprint density at radius 2 is 0.887 bits per heavy atom. The van der Waals surface area contributed by atoms with E-state index in [-0.39, 0.29) is 0 Å². The van der Waals surface area contributed by atoms with Crippen molar-refractivity contribution < 1.29 is 8.83 Å². The zero-order chi connectivity index (χ0) is 40.7. The number of fused-ring (bicyclic) bond motifs is 12. The highest BCUT2D eigenvalue weighted by atomic mass is 16.3. The van der Waals surface area contributed by atoms with Gasteiger partial charge >= 0.3 is 0 Å². The van der Waals surface area contributed by atoms with E-state index in [9.17, 15) is 0 Å². The van der Waals surface area contributed by atoms with Crippen LogP contribution in [0.4, 0.5) is 0 Å². The predicted octanol–water partition coefficient (Wildman–Crippen LogP) is 15.1. The second-order valence-electron chi connectivity index (χ2n) is 16.4. The van der Waals surface area contributed by atoms with Crippen LogP contribution >= 0.6 is 0 Å². The third-order valence-electron chi connectivity index (χ3n) is 12.9. The van der Waals surface area contributed by atoms with Crippen LogP contribution in [-0.2, 0) is 12.8 Å². The standard InChI is InChI=1S/C57H37N3O2/c1-2-12-35(13-3-1)55-58-56(60-57(59-55)46-20-11-23-52-54(46)45-18-8-9-21-49(45)61-52)36-26-24-34(25-27-36)39-19-10-22-51-53(39)48-33-38(29-31-50(48)62-51)37-28-30-44-42-16-5-4-14-40(42)41-15-6-7-17-43(41)47(44)32-37/h1-3,5,7-13,16-33H,4,6,14-15H2. The van der Waals surface area contributed by atoms with Gasteiger partial charge in [-0.15, -0.1) is 0 Å². The van der Waals surface area contributed by atoms with Gasteiger partial charge < -0.3 is 8.83 Å². The van der Waals surface area contributed by atoms with Crippen molar-refractivity contribution in [2.45, 2.75) is 25.7 Å². The summed E-state index contributed by atoms with van der Waals surface area (Å²) in [5.74, 6) is 1.81. The van der Waals surface area contributed by atoms with Crippen LogP contribution < -0.4 is 0 Å². The summed E-state index contributed by atoms with van der Waals surface area (Å²) < 4.78 is 12.8. The monoisotopic (exact) mass is 795 g/mol. The first kappa shape index (κ1) is 34.9. The fraction of sp³-hybridized carbons (Fsp3) is 0.0702. The van der Waals surface area contributed by atoms with Gasteiger partial charge in [-0.3, -0.25) is 0 Å². The number of para-hydroxylation sites is 1. The van der Waals surface area contributed by atoms with Crippen LogP contribution in [0.15, 0.2) is 173 Å². The van der Waals surface area contributed by atoms with Crippen molar-refractivity contribution in [2.75, 3.05) is 0 Å². The van der Waals surface area contributed by atoms with Crippen molar-refractivity contribution in [1.29, 1.82) is 0 Å². The lowest BCUT2D eigenvalue weighted by atomic mass is 9.80. The molecule has 5 heteroatoms. The van der Waals surface area contributed by atoms with E-state index in [0.29, 0.717) is 17.5 Å². The van der Waals surface area contributed by atoms with Gasteiger partial charge in [-0.05, 0) is 117 Å². The molecule has 0 saturated carbocycles. The van der Waals surface area contributed by atoms with Crippen LogP contribution in [0.2, 0.25) is 0 Å².